The predicted molar refractivity (Wildman–Crippen MR) is 67.7 cm³/mol. The Balaban J connectivity index is 2.99. The summed E-state index contributed by atoms with van der Waals surface area (Å²) in [5.41, 5.74) is 6.67. The lowest BCUT2D eigenvalue weighted by Crippen LogP contribution is -2.36. The molecule has 1 rings (SSSR count). The summed E-state index contributed by atoms with van der Waals surface area (Å²) in [7, 11) is 0. The molecule has 1 amide bonds. The Morgan fingerprint density at radius 2 is 2.12 bits per heavy atom. The Bertz CT molecular complexity index is 391. The van der Waals surface area contributed by atoms with Crippen LogP contribution >= 0.6 is 11.6 Å². The second kappa shape index (κ2) is 5.21. The third kappa shape index (κ3) is 2.67. The molecule has 1 aromatic rings. The van der Waals surface area contributed by atoms with E-state index in [1.54, 1.807) is 23.1 Å². The summed E-state index contributed by atoms with van der Waals surface area (Å²) < 4.78 is 0. The number of hydrogen-bond acceptors (Lipinski definition) is 2. The molecule has 3 nitrogen and oxygen atoms in total. The fraction of sp³-hybridized carbons (Fsp3) is 0.417. The summed E-state index contributed by atoms with van der Waals surface area (Å²) in [6.45, 7) is 6.61. The number of nitrogens with zero attached hydrogens (tertiary/aromatic N) is 1. The molecular weight excluding hydrogens is 224 g/mol. The highest BCUT2D eigenvalue weighted by molar-refractivity contribution is 6.33. The van der Waals surface area contributed by atoms with Crippen LogP contribution in [-0.2, 0) is 0 Å². The number of hydrogen-bond donors (Lipinski definition) is 1. The van der Waals surface area contributed by atoms with Crippen LogP contribution in [0, 0.1) is 0 Å². The number of anilines is 1. The summed E-state index contributed by atoms with van der Waals surface area (Å²) >= 11 is 5.89. The zero-order valence-electron chi connectivity index (χ0n) is 9.83. The lowest BCUT2D eigenvalue weighted by Gasteiger charge is -2.25. The van der Waals surface area contributed by atoms with Crippen molar-refractivity contribution in [3.05, 3.63) is 28.8 Å². The van der Waals surface area contributed by atoms with Gasteiger partial charge in [-0.2, -0.15) is 0 Å². The molecular formula is C12H17ClN2O. The quantitative estimate of drug-likeness (QED) is 0.826. The van der Waals surface area contributed by atoms with Crippen molar-refractivity contribution in [1.82, 2.24) is 4.90 Å². The predicted octanol–water partition coefficient (Wildman–Crippen LogP) is 2.79. The van der Waals surface area contributed by atoms with E-state index in [1.165, 1.54) is 0 Å². The van der Waals surface area contributed by atoms with Crippen molar-refractivity contribution in [2.24, 2.45) is 0 Å². The van der Waals surface area contributed by atoms with Gasteiger partial charge in [0.2, 0.25) is 0 Å². The maximum atomic E-state index is 12.1. The zero-order valence-corrected chi connectivity index (χ0v) is 10.6. The summed E-state index contributed by atoms with van der Waals surface area (Å²) in [4.78, 5) is 13.9. The number of amides is 1. The van der Waals surface area contributed by atoms with Crippen LogP contribution in [0.4, 0.5) is 5.69 Å². The van der Waals surface area contributed by atoms with Crippen molar-refractivity contribution < 1.29 is 4.79 Å². The van der Waals surface area contributed by atoms with Crippen molar-refractivity contribution in [1.29, 1.82) is 0 Å². The number of carbonyl (C=O) groups is 1. The molecule has 0 spiro atoms. The van der Waals surface area contributed by atoms with Crippen molar-refractivity contribution in [3.8, 4) is 0 Å². The minimum atomic E-state index is -0.0144. The molecule has 4 heteroatoms. The molecule has 0 saturated heterocycles. The Morgan fingerprint density at radius 1 is 1.50 bits per heavy atom. The van der Waals surface area contributed by atoms with Gasteiger partial charge in [0.1, 0.15) is 0 Å². The Morgan fingerprint density at radius 3 is 2.56 bits per heavy atom. The SMILES string of the molecule is CCN(C(=O)c1ccc(N)c(Cl)c1)C(C)C. The van der Waals surface area contributed by atoms with Crippen molar-refractivity contribution in [2.75, 3.05) is 12.3 Å². The highest BCUT2D eigenvalue weighted by Crippen LogP contribution is 2.21. The van der Waals surface area contributed by atoms with E-state index in [0.717, 1.165) is 0 Å². The van der Waals surface area contributed by atoms with Gasteiger partial charge in [0, 0.05) is 18.2 Å². The molecule has 0 fully saturated rings. The van der Waals surface area contributed by atoms with E-state index in [1.807, 2.05) is 20.8 Å². The molecule has 1 aromatic carbocycles. The average molecular weight is 241 g/mol. The average Bonchev–Trinajstić information content (AvgIpc) is 2.22. The van der Waals surface area contributed by atoms with E-state index in [0.29, 0.717) is 22.8 Å². The van der Waals surface area contributed by atoms with Crippen molar-refractivity contribution in [2.45, 2.75) is 26.8 Å². The first kappa shape index (κ1) is 12.8. The Kier molecular flexibility index (Phi) is 4.19. The van der Waals surface area contributed by atoms with Gasteiger partial charge in [-0.1, -0.05) is 11.6 Å². The number of rotatable bonds is 3. The van der Waals surface area contributed by atoms with Gasteiger partial charge >= 0.3 is 0 Å². The summed E-state index contributed by atoms with van der Waals surface area (Å²) in [5, 5.41) is 0.422. The number of carbonyl (C=O) groups excluding carboxylic acids is 1. The number of benzene rings is 1. The number of nitrogen functional groups attached to an aromatic ring is 1. The molecule has 0 unspecified atom stereocenters. The normalized spacial score (nSPS) is 10.6. The molecule has 0 aliphatic carbocycles. The molecule has 0 radical (unpaired) electrons. The van der Waals surface area contributed by atoms with Gasteiger partial charge in [0.05, 0.1) is 10.7 Å². The van der Waals surface area contributed by atoms with E-state index in [-0.39, 0.29) is 11.9 Å². The van der Waals surface area contributed by atoms with Gasteiger partial charge < -0.3 is 10.6 Å². The summed E-state index contributed by atoms with van der Waals surface area (Å²) in [5.74, 6) is -0.0144. The van der Waals surface area contributed by atoms with Gasteiger partial charge in [-0.05, 0) is 39.0 Å². The molecule has 0 heterocycles. The second-order valence-corrected chi connectivity index (χ2v) is 4.33. The first-order valence-electron chi connectivity index (χ1n) is 5.33. The molecule has 2 N–H and O–H groups in total. The van der Waals surface area contributed by atoms with Crippen molar-refractivity contribution in [3.63, 3.8) is 0 Å². The van der Waals surface area contributed by atoms with E-state index in [9.17, 15) is 4.79 Å². The standard InChI is InChI=1S/C12H17ClN2O/c1-4-15(8(2)3)12(16)9-5-6-11(14)10(13)7-9/h5-8H,4,14H2,1-3H3. The van der Waals surface area contributed by atoms with Crippen LogP contribution in [0.5, 0.6) is 0 Å². The molecule has 0 aliphatic heterocycles. The maximum absolute atomic E-state index is 12.1. The fourth-order valence-electron chi connectivity index (χ4n) is 1.57. The minimum absolute atomic E-state index is 0.0144. The Labute approximate surface area is 101 Å². The first-order chi connectivity index (χ1) is 7.47. The molecule has 16 heavy (non-hydrogen) atoms. The number of halogens is 1. The van der Waals surface area contributed by atoms with E-state index in [4.69, 9.17) is 17.3 Å². The van der Waals surface area contributed by atoms with Crippen LogP contribution in [0.3, 0.4) is 0 Å². The smallest absolute Gasteiger partial charge is 0.254 e. The lowest BCUT2D eigenvalue weighted by molar-refractivity contribution is 0.0717. The molecule has 0 saturated carbocycles. The van der Waals surface area contributed by atoms with E-state index < -0.39 is 0 Å². The highest BCUT2D eigenvalue weighted by Gasteiger charge is 2.17. The second-order valence-electron chi connectivity index (χ2n) is 3.92. The molecule has 0 atom stereocenters. The molecule has 0 aliphatic rings. The highest BCUT2D eigenvalue weighted by atomic mass is 35.5. The van der Waals surface area contributed by atoms with E-state index in [2.05, 4.69) is 0 Å². The van der Waals surface area contributed by atoms with Gasteiger partial charge in [0.15, 0.2) is 0 Å². The lowest BCUT2D eigenvalue weighted by atomic mass is 10.1. The van der Waals surface area contributed by atoms with Gasteiger partial charge in [0.25, 0.3) is 5.91 Å². The van der Waals surface area contributed by atoms with Crippen LogP contribution in [-0.4, -0.2) is 23.4 Å². The summed E-state index contributed by atoms with van der Waals surface area (Å²) in [6, 6.07) is 5.15. The maximum Gasteiger partial charge on any atom is 0.254 e. The summed E-state index contributed by atoms with van der Waals surface area (Å²) in [6.07, 6.45) is 0. The zero-order chi connectivity index (χ0) is 12.3. The van der Waals surface area contributed by atoms with Gasteiger partial charge in [-0.15, -0.1) is 0 Å². The molecule has 88 valence electrons. The first-order valence-corrected chi connectivity index (χ1v) is 5.71. The van der Waals surface area contributed by atoms with Crippen molar-refractivity contribution >= 4 is 23.2 Å². The van der Waals surface area contributed by atoms with Crippen LogP contribution in [0.15, 0.2) is 18.2 Å². The third-order valence-electron chi connectivity index (χ3n) is 2.47. The molecule has 0 bridgehead atoms. The van der Waals surface area contributed by atoms with Crippen LogP contribution < -0.4 is 5.73 Å². The molecule has 0 aromatic heterocycles. The van der Waals surface area contributed by atoms with Gasteiger partial charge in [-0.25, -0.2) is 0 Å². The number of nitrogens with two attached hydrogens (primary N) is 1. The fourth-order valence-corrected chi connectivity index (χ4v) is 1.75. The minimum Gasteiger partial charge on any atom is -0.398 e. The Hall–Kier alpha value is -1.22. The largest absolute Gasteiger partial charge is 0.398 e. The van der Waals surface area contributed by atoms with Crippen LogP contribution in [0.1, 0.15) is 31.1 Å². The van der Waals surface area contributed by atoms with Gasteiger partial charge in [-0.3, -0.25) is 4.79 Å². The topological polar surface area (TPSA) is 46.3 Å². The van der Waals surface area contributed by atoms with E-state index >= 15 is 0 Å². The van der Waals surface area contributed by atoms with Crippen LogP contribution in [0.25, 0.3) is 0 Å². The monoisotopic (exact) mass is 240 g/mol. The third-order valence-corrected chi connectivity index (χ3v) is 2.80. The van der Waals surface area contributed by atoms with Crippen LogP contribution in [0.2, 0.25) is 5.02 Å².